The van der Waals surface area contributed by atoms with Crippen molar-refractivity contribution < 1.29 is 9.53 Å². The summed E-state index contributed by atoms with van der Waals surface area (Å²) in [4.78, 5) is 12.2. The van der Waals surface area contributed by atoms with Gasteiger partial charge in [0.15, 0.2) is 0 Å². The zero-order valence-electron chi connectivity index (χ0n) is 11.9. The maximum atomic E-state index is 12.2. The summed E-state index contributed by atoms with van der Waals surface area (Å²) in [6, 6.07) is 8.69. The molecule has 1 atom stereocenters. The van der Waals surface area contributed by atoms with Crippen LogP contribution in [0.5, 0.6) is 5.75 Å². The molecular weight excluding hydrogens is 250 g/mol. The second-order valence-corrected chi connectivity index (χ2v) is 5.98. The lowest BCUT2D eigenvalue weighted by Crippen LogP contribution is -2.32. The molecule has 20 heavy (non-hydrogen) atoms. The highest BCUT2D eigenvalue weighted by atomic mass is 16.5. The molecule has 1 unspecified atom stereocenters. The van der Waals surface area contributed by atoms with Crippen molar-refractivity contribution in [1.82, 2.24) is 5.32 Å². The molecule has 1 heterocycles. The van der Waals surface area contributed by atoms with Crippen molar-refractivity contribution in [3.05, 3.63) is 29.8 Å². The van der Waals surface area contributed by atoms with Gasteiger partial charge in [0.25, 0.3) is 0 Å². The Balaban J connectivity index is 1.54. The van der Waals surface area contributed by atoms with E-state index in [0.29, 0.717) is 30.7 Å². The average molecular weight is 273 g/mol. The van der Waals surface area contributed by atoms with Crippen LogP contribution in [0.3, 0.4) is 0 Å². The number of ketones is 1. The lowest BCUT2D eigenvalue weighted by atomic mass is 9.89. The molecule has 3 rings (SSSR count). The molecule has 1 aliphatic heterocycles. The minimum absolute atomic E-state index is 0.331. The summed E-state index contributed by atoms with van der Waals surface area (Å²) in [6.07, 6.45) is 6.66. The van der Waals surface area contributed by atoms with Crippen LogP contribution in [0.4, 0.5) is 0 Å². The Morgan fingerprint density at radius 2 is 2.00 bits per heavy atom. The smallest absolute Gasteiger partial charge is 0.147 e. The van der Waals surface area contributed by atoms with E-state index in [1.165, 1.54) is 31.2 Å². The average Bonchev–Trinajstić information content (AvgIpc) is 2.99. The number of ether oxygens (including phenoxy) is 1. The molecule has 0 spiro atoms. The monoisotopic (exact) mass is 273 g/mol. The van der Waals surface area contributed by atoms with Crippen LogP contribution in [0.1, 0.15) is 50.0 Å². The Kier molecular flexibility index (Phi) is 4.36. The van der Waals surface area contributed by atoms with Crippen molar-refractivity contribution in [3.63, 3.8) is 0 Å². The van der Waals surface area contributed by atoms with Gasteiger partial charge in [0.1, 0.15) is 11.5 Å². The van der Waals surface area contributed by atoms with Crippen molar-refractivity contribution >= 4 is 5.78 Å². The first-order chi connectivity index (χ1) is 9.83. The number of hydrogen-bond acceptors (Lipinski definition) is 3. The fourth-order valence-corrected chi connectivity index (χ4v) is 3.36. The van der Waals surface area contributed by atoms with E-state index in [-0.39, 0.29) is 0 Å². The third-order valence-corrected chi connectivity index (χ3v) is 4.50. The number of carbonyl (C=O) groups is 1. The quantitative estimate of drug-likeness (QED) is 0.896. The summed E-state index contributed by atoms with van der Waals surface area (Å²) in [5.41, 5.74) is 1.20. The predicted octanol–water partition coefficient (Wildman–Crippen LogP) is 3.04. The molecule has 1 aliphatic carbocycles. The van der Waals surface area contributed by atoms with Crippen LogP contribution in [0.15, 0.2) is 24.3 Å². The summed E-state index contributed by atoms with van der Waals surface area (Å²) in [5, 5.41) is 3.41. The van der Waals surface area contributed by atoms with Crippen molar-refractivity contribution in [3.8, 4) is 5.75 Å². The molecule has 0 saturated heterocycles. The van der Waals surface area contributed by atoms with Crippen LogP contribution < -0.4 is 10.1 Å². The van der Waals surface area contributed by atoms with Gasteiger partial charge in [-0.25, -0.2) is 0 Å². The van der Waals surface area contributed by atoms with Gasteiger partial charge in [0.2, 0.25) is 0 Å². The zero-order chi connectivity index (χ0) is 13.8. The summed E-state index contributed by atoms with van der Waals surface area (Å²) in [6.45, 7) is 1.26. The van der Waals surface area contributed by atoms with Crippen LogP contribution in [0.25, 0.3) is 0 Å². The van der Waals surface area contributed by atoms with Gasteiger partial charge in [-0.2, -0.15) is 0 Å². The molecule has 1 aromatic carbocycles. The van der Waals surface area contributed by atoms with Crippen molar-refractivity contribution in [2.24, 2.45) is 0 Å². The maximum Gasteiger partial charge on any atom is 0.147 e. The van der Waals surface area contributed by atoms with E-state index >= 15 is 0 Å². The highest BCUT2D eigenvalue weighted by Gasteiger charge is 2.24. The molecule has 1 saturated carbocycles. The number of Topliss-reactive ketones (excluding diaryl/α,β-unsaturated/α-hetero) is 1. The minimum Gasteiger partial charge on any atom is -0.493 e. The lowest BCUT2D eigenvalue weighted by Gasteiger charge is -2.25. The van der Waals surface area contributed by atoms with Crippen LogP contribution in [0.2, 0.25) is 0 Å². The molecule has 1 fully saturated rings. The number of para-hydroxylation sites is 1. The second kappa shape index (κ2) is 6.40. The third-order valence-electron chi connectivity index (χ3n) is 4.50. The zero-order valence-corrected chi connectivity index (χ0v) is 11.9. The van der Waals surface area contributed by atoms with E-state index in [2.05, 4.69) is 11.4 Å². The first-order valence-corrected chi connectivity index (χ1v) is 7.80. The molecule has 2 aliphatic rings. The summed E-state index contributed by atoms with van der Waals surface area (Å²) in [7, 11) is 0. The molecule has 1 N–H and O–H groups in total. The third kappa shape index (κ3) is 3.21. The molecular formula is C17H23NO2. The predicted molar refractivity (Wildman–Crippen MR) is 79.2 cm³/mol. The fraction of sp³-hybridized carbons (Fsp3) is 0.588. The normalized spacial score (nSPS) is 22.3. The van der Waals surface area contributed by atoms with E-state index in [1.54, 1.807) is 0 Å². The second-order valence-electron chi connectivity index (χ2n) is 5.98. The Morgan fingerprint density at radius 3 is 2.85 bits per heavy atom. The molecule has 0 bridgehead atoms. The van der Waals surface area contributed by atoms with Gasteiger partial charge >= 0.3 is 0 Å². The topological polar surface area (TPSA) is 38.3 Å². The summed E-state index contributed by atoms with van der Waals surface area (Å²) < 4.78 is 5.65. The summed E-state index contributed by atoms with van der Waals surface area (Å²) in [5.74, 6) is 1.62. The van der Waals surface area contributed by atoms with Crippen LogP contribution >= 0.6 is 0 Å². The largest absolute Gasteiger partial charge is 0.493 e. The molecule has 0 amide bonds. The number of carbonyl (C=O) groups excluding carboxylic acids is 1. The molecule has 0 aromatic heterocycles. The van der Waals surface area contributed by atoms with E-state index < -0.39 is 0 Å². The van der Waals surface area contributed by atoms with E-state index in [1.807, 2.05) is 18.2 Å². The first-order valence-electron chi connectivity index (χ1n) is 7.80. The van der Waals surface area contributed by atoms with Crippen LogP contribution in [0, 0.1) is 0 Å². The molecule has 0 radical (unpaired) electrons. The Hall–Kier alpha value is -1.35. The number of rotatable bonds is 5. The van der Waals surface area contributed by atoms with E-state index in [9.17, 15) is 4.79 Å². The summed E-state index contributed by atoms with van der Waals surface area (Å²) >= 11 is 0. The number of benzene rings is 1. The van der Waals surface area contributed by atoms with Crippen molar-refractivity contribution in [1.29, 1.82) is 0 Å². The van der Waals surface area contributed by atoms with Gasteiger partial charge < -0.3 is 10.1 Å². The Labute approximate surface area is 120 Å². The molecule has 3 heteroatoms. The molecule has 3 nitrogen and oxygen atoms in total. The molecule has 108 valence electrons. The first kappa shape index (κ1) is 13.6. The van der Waals surface area contributed by atoms with Gasteiger partial charge in [0.05, 0.1) is 13.2 Å². The van der Waals surface area contributed by atoms with Gasteiger partial charge in [-0.3, -0.25) is 4.79 Å². The van der Waals surface area contributed by atoms with Crippen molar-refractivity contribution in [2.45, 2.75) is 50.5 Å². The number of hydrogen-bond donors (Lipinski definition) is 1. The SMILES string of the molecule is O=C(CNC1CCCC1)CC1CCOc2ccccc21. The number of fused-ring (bicyclic) bond motifs is 1. The van der Waals surface area contributed by atoms with Gasteiger partial charge in [-0.1, -0.05) is 31.0 Å². The van der Waals surface area contributed by atoms with Crippen LogP contribution in [-0.2, 0) is 4.79 Å². The Morgan fingerprint density at radius 1 is 1.20 bits per heavy atom. The number of nitrogens with one attached hydrogen (secondary N) is 1. The van der Waals surface area contributed by atoms with Crippen molar-refractivity contribution in [2.75, 3.05) is 13.2 Å². The van der Waals surface area contributed by atoms with Crippen LogP contribution in [-0.4, -0.2) is 25.0 Å². The minimum atomic E-state index is 0.331. The fourth-order valence-electron chi connectivity index (χ4n) is 3.36. The highest BCUT2D eigenvalue weighted by Crippen LogP contribution is 2.35. The lowest BCUT2D eigenvalue weighted by molar-refractivity contribution is -0.118. The molecule has 1 aromatic rings. The van der Waals surface area contributed by atoms with E-state index in [4.69, 9.17) is 4.74 Å². The van der Waals surface area contributed by atoms with Gasteiger partial charge in [-0.15, -0.1) is 0 Å². The Bertz CT molecular complexity index is 466. The standard InChI is InChI=1S/C17H23NO2/c19-15(12-18-14-5-1-2-6-14)11-13-9-10-20-17-8-4-3-7-16(13)17/h3-4,7-8,13-14,18H,1-2,5-6,9-12H2. The van der Waals surface area contributed by atoms with E-state index in [0.717, 1.165) is 18.8 Å². The maximum absolute atomic E-state index is 12.2. The van der Waals surface area contributed by atoms with Gasteiger partial charge in [-0.05, 0) is 36.8 Å². The van der Waals surface area contributed by atoms with Gasteiger partial charge in [0, 0.05) is 12.5 Å². The highest BCUT2D eigenvalue weighted by molar-refractivity contribution is 5.81.